The Bertz CT molecular complexity index is 738. The second-order valence-electron chi connectivity index (χ2n) is 7.43. The number of aromatic nitrogens is 2. The van der Waals surface area contributed by atoms with Crippen LogP contribution in [0.25, 0.3) is 0 Å². The van der Waals surface area contributed by atoms with Crippen LogP contribution in [0, 0.1) is 0 Å². The molecular weight excluding hydrogens is 326 g/mol. The molecule has 2 fully saturated rings. The largest absolute Gasteiger partial charge is 0.323 e. The highest BCUT2D eigenvalue weighted by Crippen LogP contribution is 2.25. The smallest absolute Gasteiger partial charge is 0.321 e. The summed E-state index contributed by atoms with van der Waals surface area (Å²) in [6.07, 6.45) is 5.62. The first-order valence-corrected chi connectivity index (χ1v) is 9.58. The predicted octanol–water partition coefficient (Wildman–Crippen LogP) is 3.02. The normalized spacial score (nSPS) is 21.4. The number of likely N-dealkylation sites (tertiary alicyclic amines) is 2. The first-order valence-electron chi connectivity index (χ1n) is 9.58. The van der Waals surface area contributed by atoms with Gasteiger partial charge in [0.15, 0.2) is 0 Å². The fraction of sp³-hybridized carbons (Fsp3) is 0.500. The maximum atomic E-state index is 12.6. The number of carbonyl (C=O) groups excluding carboxylic acids is 1. The molecule has 2 aromatic rings. The topological polar surface area (TPSA) is 53.4 Å². The van der Waals surface area contributed by atoms with Crippen molar-refractivity contribution in [2.24, 2.45) is 0 Å². The van der Waals surface area contributed by atoms with E-state index in [9.17, 15) is 4.79 Å². The standard InChI is InChI=1S/C20H27N5O/c1-16-7-5-6-12-24(16)18-14-23(15-18)20(26)22-19-10-11-21-25(19)13-17-8-3-2-4-9-17/h2-4,8-11,16,18H,5-7,12-15H2,1H3,(H,22,26)/t16-/m1/s1. The lowest BCUT2D eigenvalue weighted by atomic mass is 9.98. The SMILES string of the molecule is C[C@@H]1CCCCN1C1CN(C(=O)Nc2ccnn2Cc2ccccc2)C1. The van der Waals surface area contributed by atoms with E-state index in [0.29, 0.717) is 18.6 Å². The molecule has 26 heavy (non-hydrogen) atoms. The van der Waals surface area contributed by atoms with Crippen LogP contribution in [0.15, 0.2) is 42.6 Å². The van der Waals surface area contributed by atoms with Gasteiger partial charge in [-0.2, -0.15) is 5.10 Å². The summed E-state index contributed by atoms with van der Waals surface area (Å²) >= 11 is 0. The van der Waals surface area contributed by atoms with Gasteiger partial charge in [0.1, 0.15) is 5.82 Å². The minimum absolute atomic E-state index is 0.0271. The average Bonchev–Trinajstić information content (AvgIpc) is 3.03. The number of hydrogen-bond acceptors (Lipinski definition) is 3. The summed E-state index contributed by atoms with van der Waals surface area (Å²) in [7, 11) is 0. The molecule has 2 aliphatic rings. The van der Waals surface area contributed by atoms with Crippen molar-refractivity contribution in [3.05, 3.63) is 48.2 Å². The van der Waals surface area contributed by atoms with Crippen molar-refractivity contribution in [1.82, 2.24) is 19.6 Å². The number of amides is 2. The second-order valence-corrected chi connectivity index (χ2v) is 7.43. The fourth-order valence-corrected chi connectivity index (χ4v) is 4.00. The van der Waals surface area contributed by atoms with Gasteiger partial charge in [-0.3, -0.25) is 10.2 Å². The number of hydrogen-bond donors (Lipinski definition) is 1. The number of anilines is 1. The zero-order chi connectivity index (χ0) is 17.9. The van der Waals surface area contributed by atoms with Crippen LogP contribution in [0.3, 0.4) is 0 Å². The summed E-state index contributed by atoms with van der Waals surface area (Å²) in [5.74, 6) is 0.744. The zero-order valence-electron chi connectivity index (χ0n) is 15.3. The van der Waals surface area contributed by atoms with E-state index >= 15 is 0 Å². The van der Waals surface area contributed by atoms with Crippen molar-refractivity contribution in [1.29, 1.82) is 0 Å². The molecule has 138 valence electrons. The van der Waals surface area contributed by atoms with Gasteiger partial charge in [-0.15, -0.1) is 0 Å². The van der Waals surface area contributed by atoms with Crippen molar-refractivity contribution >= 4 is 11.8 Å². The Kier molecular flexibility index (Phi) is 4.93. The van der Waals surface area contributed by atoms with Crippen molar-refractivity contribution in [3.63, 3.8) is 0 Å². The maximum Gasteiger partial charge on any atom is 0.323 e. The van der Waals surface area contributed by atoms with Crippen molar-refractivity contribution in [3.8, 4) is 0 Å². The monoisotopic (exact) mass is 353 g/mol. The van der Waals surface area contributed by atoms with Crippen molar-refractivity contribution in [2.45, 2.75) is 44.8 Å². The lowest BCUT2D eigenvalue weighted by Crippen LogP contribution is -2.64. The third-order valence-corrected chi connectivity index (χ3v) is 5.60. The number of nitrogens with one attached hydrogen (secondary N) is 1. The van der Waals surface area contributed by atoms with E-state index in [-0.39, 0.29) is 6.03 Å². The van der Waals surface area contributed by atoms with E-state index in [1.807, 2.05) is 33.8 Å². The van der Waals surface area contributed by atoms with Crippen LogP contribution in [-0.4, -0.2) is 57.3 Å². The first-order chi connectivity index (χ1) is 12.7. The highest BCUT2D eigenvalue weighted by molar-refractivity contribution is 5.89. The van der Waals surface area contributed by atoms with E-state index in [1.54, 1.807) is 6.20 Å². The second kappa shape index (κ2) is 7.50. The molecular formula is C20H27N5O. The summed E-state index contributed by atoms with van der Waals surface area (Å²) in [4.78, 5) is 17.0. The molecule has 0 radical (unpaired) electrons. The molecule has 4 rings (SSSR count). The average molecular weight is 353 g/mol. The quantitative estimate of drug-likeness (QED) is 0.919. The molecule has 1 N–H and O–H groups in total. The highest BCUT2D eigenvalue weighted by atomic mass is 16.2. The van der Waals surface area contributed by atoms with E-state index in [1.165, 1.54) is 25.8 Å². The third kappa shape index (κ3) is 3.60. The Morgan fingerprint density at radius 1 is 1.19 bits per heavy atom. The Morgan fingerprint density at radius 2 is 2.00 bits per heavy atom. The number of nitrogens with zero attached hydrogens (tertiary/aromatic N) is 4. The molecule has 2 aliphatic heterocycles. The van der Waals surface area contributed by atoms with Gasteiger partial charge in [0.05, 0.1) is 12.7 Å². The van der Waals surface area contributed by atoms with Crippen LogP contribution >= 0.6 is 0 Å². The Balaban J connectivity index is 1.32. The van der Waals surface area contributed by atoms with Gasteiger partial charge in [0.2, 0.25) is 0 Å². The molecule has 0 aliphatic carbocycles. The van der Waals surface area contributed by atoms with E-state index < -0.39 is 0 Å². The Labute approximate surface area is 154 Å². The molecule has 0 bridgehead atoms. The first kappa shape index (κ1) is 17.1. The van der Waals surface area contributed by atoms with E-state index in [2.05, 4.69) is 34.4 Å². The molecule has 2 saturated heterocycles. The maximum absolute atomic E-state index is 12.6. The molecule has 0 spiro atoms. The Morgan fingerprint density at radius 3 is 2.77 bits per heavy atom. The number of rotatable bonds is 4. The summed E-state index contributed by atoms with van der Waals surface area (Å²) < 4.78 is 1.83. The van der Waals surface area contributed by atoms with Crippen molar-refractivity contribution in [2.75, 3.05) is 25.0 Å². The summed E-state index contributed by atoms with van der Waals surface area (Å²) in [6, 6.07) is 13.1. The van der Waals surface area contributed by atoms with Crippen LogP contribution in [0.4, 0.5) is 10.6 Å². The fourth-order valence-electron chi connectivity index (χ4n) is 4.00. The van der Waals surface area contributed by atoms with Gasteiger partial charge in [-0.25, -0.2) is 9.48 Å². The van der Waals surface area contributed by atoms with E-state index in [0.717, 1.165) is 24.5 Å². The molecule has 1 aromatic heterocycles. The number of urea groups is 1. The van der Waals surface area contributed by atoms with Gasteiger partial charge in [0, 0.05) is 31.2 Å². The molecule has 3 heterocycles. The van der Waals surface area contributed by atoms with Crippen LogP contribution in [0.2, 0.25) is 0 Å². The van der Waals surface area contributed by atoms with Gasteiger partial charge in [-0.1, -0.05) is 36.8 Å². The van der Waals surface area contributed by atoms with Crippen LogP contribution in [0.5, 0.6) is 0 Å². The van der Waals surface area contributed by atoms with Crippen molar-refractivity contribution < 1.29 is 4.79 Å². The minimum atomic E-state index is -0.0271. The summed E-state index contributed by atoms with van der Waals surface area (Å²) in [6.45, 7) is 5.78. The lowest BCUT2D eigenvalue weighted by Gasteiger charge is -2.49. The lowest BCUT2D eigenvalue weighted by molar-refractivity contribution is 0.0199. The zero-order valence-corrected chi connectivity index (χ0v) is 15.3. The minimum Gasteiger partial charge on any atom is -0.321 e. The molecule has 6 heteroatoms. The molecule has 1 aromatic carbocycles. The van der Waals surface area contributed by atoms with Gasteiger partial charge in [0.25, 0.3) is 0 Å². The number of benzene rings is 1. The Hall–Kier alpha value is -2.34. The molecule has 6 nitrogen and oxygen atoms in total. The van der Waals surface area contributed by atoms with Crippen LogP contribution in [-0.2, 0) is 6.54 Å². The number of carbonyl (C=O) groups is 1. The molecule has 0 unspecified atom stereocenters. The third-order valence-electron chi connectivity index (χ3n) is 5.60. The summed E-state index contributed by atoms with van der Waals surface area (Å²) in [5.41, 5.74) is 1.16. The van der Waals surface area contributed by atoms with Crippen LogP contribution in [0.1, 0.15) is 31.7 Å². The van der Waals surface area contributed by atoms with Gasteiger partial charge >= 0.3 is 6.03 Å². The number of piperidine rings is 1. The molecule has 2 amide bonds. The van der Waals surface area contributed by atoms with Gasteiger partial charge < -0.3 is 4.90 Å². The predicted molar refractivity (Wildman–Crippen MR) is 102 cm³/mol. The molecule has 0 saturated carbocycles. The van der Waals surface area contributed by atoms with Gasteiger partial charge in [-0.05, 0) is 31.9 Å². The van der Waals surface area contributed by atoms with E-state index in [4.69, 9.17) is 0 Å². The highest BCUT2D eigenvalue weighted by Gasteiger charge is 2.37. The summed E-state index contributed by atoms with van der Waals surface area (Å²) in [5, 5.41) is 7.36. The molecule has 1 atom stereocenters. The van der Waals surface area contributed by atoms with Crippen LogP contribution < -0.4 is 5.32 Å².